The van der Waals surface area contributed by atoms with Gasteiger partial charge in [-0.2, -0.15) is 0 Å². The molecule has 1 aliphatic rings. The number of benzene rings is 2. The number of rotatable bonds is 3. The minimum atomic E-state index is -0.251. The Hall–Kier alpha value is -1.94. The van der Waals surface area contributed by atoms with Crippen LogP contribution in [0.25, 0.3) is 0 Å². The second-order valence-electron chi connectivity index (χ2n) is 5.26. The first-order chi connectivity index (χ1) is 10.6. The maximum absolute atomic E-state index is 11.3. The van der Waals surface area contributed by atoms with E-state index in [1.54, 1.807) is 11.8 Å². The quantitative estimate of drug-likeness (QED) is 0.751. The van der Waals surface area contributed by atoms with Gasteiger partial charge in [0.1, 0.15) is 6.10 Å². The lowest BCUT2D eigenvalue weighted by atomic mass is 10.1. The van der Waals surface area contributed by atoms with Crippen LogP contribution in [0.1, 0.15) is 32.4 Å². The van der Waals surface area contributed by atoms with Crippen LogP contribution in [0.15, 0.2) is 52.3 Å². The first kappa shape index (κ1) is 15.0. The third-order valence-corrected chi connectivity index (χ3v) is 4.99. The molecule has 1 heterocycles. The Morgan fingerprint density at radius 3 is 2.64 bits per heavy atom. The van der Waals surface area contributed by atoms with E-state index in [9.17, 15) is 4.79 Å². The predicted molar refractivity (Wildman–Crippen MR) is 89.9 cm³/mol. The van der Waals surface area contributed by atoms with Crippen LogP contribution in [0, 0.1) is 0 Å². The highest BCUT2D eigenvalue weighted by Crippen LogP contribution is 2.50. The molecule has 0 bridgehead atoms. The highest BCUT2D eigenvalue weighted by molar-refractivity contribution is 7.99. The van der Waals surface area contributed by atoms with E-state index in [0.717, 1.165) is 12.1 Å². The maximum Gasteiger partial charge on any atom is 0.303 e. The number of fused-ring (bicyclic) bond motifs is 2. The number of para-hydroxylation sites is 1. The van der Waals surface area contributed by atoms with E-state index >= 15 is 0 Å². The summed E-state index contributed by atoms with van der Waals surface area (Å²) in [6.07, 6.45) is -0.246. The summed E-state index contributed by atoms with van der Waals surface area (Å²) in [5, 5.41) is 0. The lowest BCUT2D eigenvalue weighted by Gasteiger charge is -2.33. The van der Waals surface area contributed by atoms with Crippen molar-refractivity contribution in [2.24, 2.45) is 0 Å². The van der Waals surface area contributed by atoms with Crippen LogP contribution in [0.5, 0.6) is 0 Å². The molecule has 4 heteroatoms. The zero-order chi connectivity index (χ0) is 15.7. The molecule has 0 N–H and O–H groups in total. The fourth-order valence-corrected chi connectivity index (χ4v) is 4.13. The zero-order valence-electron chi connectivity index (χ0n) is 13.0. The van der Waals surface area contributed by atoms with Crippen molar-refractivity contribution in [1.29, 1.82) is 0 Å². The monoisotopic (exact) mass is 313 g/mol. The van der Waals surface area contributed by atoms with Gasteiger partial charge in [0.2, 0.25) is 0 Å². The summed E-state index contributed by atoms with van der Waals surface area (Å²) in [6.45, 7) is 6.43. The van der Waals surface area contributed by atoms with E-state index < -0.39 is 0 Å². The Kier molecular flexibility index (Phi) is 4.12. The van der Waals surface area contributed by atoms with Gasteiger partial charge in [0.05, 0.1) is 11.4 Å². The van der Waals surface area contributed by atoms with Crippen molar-refractivity contribution in [3.63, 3.8) is 0 Å². The van der Waals surface area contributed by atoms with Gasteiger partial charge < -0.3 is 9.64 Å². The predicted octanol–water partition coefficient (Wildman–Crippen LogP) is 4.93. The Balaban J connectivity index is 2.09. The van der Waals surface area contributed by atoms with E-state index in [-0.39, 0.29) is 12.1 Å². The molecule has 0 aliphatic carbocycles. The fourth-order valence-electron chi connectivity index (χ4n) is 2.85. The number of hydrogen-bond donors (Lipinski definition) is 0. The van der Waals surface area contributed by atoms with Crippen molar-refractivity contribution in [3.8, 4) is 0 Å². The van der Waals surface area contributed by atoms with Gasteiger partial charge in [-0.25, -0.2) is 0 Å². The fraction of sp³-hybridized carbons (Fsp3) is 0.278. The van der Waals surface area contributed by atoms with Crippen LogP contribution in [0.4, 0.5) is 11.4 Å². The van der Waals surface area contributed by atoms with Crippen LogP contribution >= 0.6 is 11.8 Å². The lowest BCUT2D eigenvalue weighted by Crippen LogP contribution is -2.21. The molecule has 2 aromatic carbocycles. The first-order valence-corrected chi connectivity index (χ1v) is 8.28. The van der Waals surface area contributed by atoms with Crippen LogP contribution in [-0.2, 0) is 9.53 Å². The summed E-state index contributed by atoms with van der Waals surface area (Å²) in [5.74, 6) is -0.251. The number of ether oxygens (including phenoxy) is 1. The number of hydrogen-bond acceptors (Lipinski definition) is 4. The minimum Gasteiger partial charge on any atom is -0.458 e. The number of carbonyl (C=O) groups is 1. The molecule has 0 radical (unpaired) electrons. The molecule has 0 spiro atoms. The van der Waals surface area contributed by atoms with Crippen LogP contribution in [-0.4, -0.2) is 12.5 Å². The molecule has 3 rings (SSSR count). The summed E-state index contributed by atoms with van der Waals surface area (Å²) in [6, 6.07) is 14.6. The Labute approximate surface area is 135 Å². The topological polar surface area (TPSA) is 29.5 Å². The minimum absolute atomic E-state index is 0.246. The standard InChI is InChI=1S/C18H19NO2S/c1-4-19-15-9-5-6-11-17(15)22-18-14(8-7-10-16(18)19)12(2)21-13(3)20/h5-12H,4H2,1-3H3/t12-/m1/s1. The van der Waals surface area contributed by atoms with Gasteiger partial charge in [-0.15, -0.1) is 0 Å². The summed E-state index contributed by atoms with van der Waals surface area (Å²) >= 11 is 1.75. The first-order valence-electron chi connectivity index (χ1n) is 7.46. The van der Waals surface area contributed by atoms with Gasteiger partial charge in [0, 0.05) is 28.8 Å². The molecular formula is C18H19NO2S. The normalized spacial score (nSPS) is 14.0. The SMILES string of the molecule is CCN1c2ccccc2Sc2c([C@@H](C)OC(C)=O)cccc21. The second-order valence-corrected chi connectivity index (χ2v) is 6.31. The zero-order valence-corrected chi connectivity index (χ0v) is 13.8. The second kappa shape index (κ2) is 6.05. The van der Waals surface area contributed by atoms with Crippen molar-refractivity contribution in [1.82, 2.24) is 0 Å². The molecule has 0 saturated carbocycles. The Bertz CT molecular complexity index is 714. The molecule has 0 unspecified atom stereocenters. The molecule has 0 amide bonds. The van der Waals surface area contributed by atoms with Crippen molar-refractivity contribution in [2.45, 2.75) is 36.7 Å². The molecule has 22 heavy (non-hydrogen) atoms. The van der Waals surface area contributed by atoms with E-state index in [1.165, 1.54) is 28.1 Å². The summed E-state index contributed by atoms with van der Waals surface area (Å²) < 4.78 is 5.39. The van der Waals surface area contributed by atoms with Crippen LogP contribution in [0.3, 0.4) is 0 Å². The van der Waals surface area contributed by atoms with Crippen LogP contribution in [0.2, 0.25) is 0 Å². The van der Waals surface area contributed by atoms with Gasteiger partial charge in [0.25, 0.3) is 0 Å². The van der Waals surface area contributed by atoms with E-state index in [2.05, 4.69) is 42.2 Å². The van der Waals surface area contributed by atoms with Crippen molar-refractivity contribution in [2.75, 3.05) is 11.4 Å². The highest BCUT2D eigenvalue weighted by atomic mass is 32.2. The number of carbonyl (C=O) groups excluding carboxylic acids is 1. The molecule has 3 nitrogen and oxygen atoms in total. The van der Waals surface area contributed by atoms with Crippen LogP contribution < -0.4 is 4.90 Å². The molecular weight excluding hydrogens is 294 g/mol. The largest absolute Gasteiger partial charge is 0.458 e. The number of esters is 1. The third kappa shape index (κ3) is 2.59. The van der Waals surface area contributed by atoms with Crippen molar-refractivity contribution < 1.29 is 9.53 Å². The average Bonchev–Trinajstić information content (AvgIpc) is 2.51. The lowest BCUT2D eigenvalue weighted by molar-refractivity contribution is -0.145. The van der Waals surface area contributed by atoms with Gasteiger partial charge in [-0.1, -0.05) is 36.0 Å². The Morgan fingerprint density at radius 2 is 1.91 bits per heavy atom. The van der Waals surface area contributed by atoms with Crippen molar-refractivity contribution >= 4 is 29.1 Å². The van der Waals surface area contributed by atoms with Gasteiger partial charge in [-0.3, -0.25) is 4.79 Å². The molecule has 2 aromatic rings. The third-order valence-electron chi connectivity index (χ3n) is 3.78. The highest BCUT2D eigenvalue weighted by Gasteiger charge is 2.26. The molecule has 1 aliphatic heterocycles. The average molecular weight is 313 g/mol. The summed E-state index contributed by atoms with van der Waals surface area (Å²) in [4.78, 5) is 16.0. The number of nitrogens with zero attached hydrogens (tertiary/aromatic N) is 1. The molecule has 0 saturated heterocycles. The van der Waals surface area contributed by atoms with Gasteiger partial charge in [-0.05, 0) is 32.0 Å². The van der Waals surface area contributed by atoms with Crippen molar-refractivity contribution in [3.05, 3.63) is 48.0 Å². The van der Waals surface area contributed by atoms with E-state index in [4.69, 9.17) is 4.74 Å². The van der Waals surface area contributed by atoms with Gasteiger partial charge in [0.15, 0.2) is 0 Å². The molecule has 0 aromatic heterocycles. The number of anilines is 2. The molecule has 1 atom stereocenters. The summed E-state index contributed by atoms with van der Waals surface area (Å²) in [5.41, 5.74) is 3.48. The molecule has 0 fully saturated rings. The van der Waals surface area contributed by atoms with E-state index in [1.807, 2.05) is 19.1 Å². The smallest absolute Gasteiger partial charge is 0.303 e. The molecule has 114 valence electrons. The summed E-state index contributed by atoms with van der Waals surface area (Å²) in [7, 11) is 0. The Morgan fingerprint density at radius 1 is 1.18 bits per heavy atom. The maximum atomic E-state index is 11.3. The van der Waals surface area contributed by atoms with Gasteiger partial charge >= 0.3 is 5.97 Å². The van der Waals surface area contributed by atoms with E-state index in [0.29, 0.717) is 0 Å².